The number of carbonyl (C=O) groups excluding carboxylic acids is 2. The van der Waals surface area contributed by atoms with E-state index in [1.807, 2.05) is 54.3 Å². The lowest BCUT2D eigenvalue weighted by molar-refractivity contribution is -0.157. The van der Waals surface area contributed by atoms with Crippen LogP contribution in [0.3, 0.4) is 0 Å². The van der Waals surface area contributed by atoms with Crippen molar-refractivity contribution in [3.63, 3.8) is 0 Å². The second-order valence-corrected chi connectivity index (χ2v) is 14.1. The van der Waals surface area contributed by atoms with Gasteiger partial charge in [0.25, 0.3) is 5.91 Å². The molecular weight excluding hydrogens is 692 g/mol. The van der Waals surface area contributed by atoms with Gasteiger partial charge in [0.1, 0.15) is 23.0 Å². The number of benzene rings is 3. The molecule has 0 bridgehead atoms. The highest BCUT2D eigenvalue weighted by molar-refractivity contribution is 6.36. The number of halogens is 1. The van der Waals surface area contributed by atoms with Crippen LogP contribution in [0.25, 0.3) is 33.7 Å². The molecule has 3 aromatic carbocycles. The highest BCUT2D eigenvalue weighted by Crippen LogP contribution is 2.42. The smallest absolute Gasteiger partial charge is 0.274 e. The van der Waals surface area contributed by atoms with Crippen LogP contribution in [0.5, 0.6) is 5.75 Å². The van der Waals surface area contributed by atoms with Gasteiger partial charge in [0.05, 0.1) is 29.5 Å². The Kier molecular flexibility index (Phi) is 9.86. The average molecular weight is 729 g/mol. The lowest BCUT2D eigenvalue weighted by Gasteiger charge is -2.60. The number of nitrogens with zero attached hydrogens (tertiary/aromatic N) is 6. The van der Waals surface area contributed by atoms with Crippen molar-refractivity contribution in [2.75, 3.05) is 45.2 Å². The summed E-state index contributed by atoms with van der Waals surface area (Å²) in [4.78, 5) is 38.3. The van der Waals surface area contributed by atoms with E-state index in [-0.39, 0.29) is 17.0 Å². The number of rotatable bonds is 11. The molecule has 0 unspecified atom stereocenters. The fourth-order valence-corrected chi connectivity index (χ4v) is 7.58. The summed E-state index contributed by atoms with van der Waals surface area (Å²) in [6.45, 7) is 8.68. The van der Waals surface area contributed by atoms with Crippen LogP contribution in [0.2, 0.25) is 5.02 Å². The van der Waals surface area contributed by atoms with Gasteiger partial charge in [-0.25, -0.2) is 4.98 Å². The molecule has 2 amide bonds. The minimum Gasteiger partial charge on any atom is -0.496 e. The van der Waals surface area contributed by atoms with Crippen molar-refractivity contribution >= 4 is 40.2 Å². The molecular formula is C40H37ClN8O4. The van der Waals surface area contributed by atoms with E-state index in [4.69, 9.17) is 31.0 Å². The largest absolute Gasteiger partial charge is 0.496 e. The molecule has 2 fully saturated rings. The molecule has 2 aliphatic rings. The monoisotopic (exact) mass is 728 g/mol. The van der Waals surface area contributed by atoms with Crippen molar-refractivity contribution in [3.8, 4) is 40.5 Å². The Morgan fingerprint density at radius 2 is 1.81 bits per heavy atom. The number of anilines is 1. The van der Waals surface area contributed by atoms with Crippen LogP contribution in [-0.2, 0) is 17.9 Å². The minimum absolute atomic E-state index is 0.123. The van der Waals surface area contributed by atoms with Crippen molar-refractivity contribution in [2.45, 2.75) is 33.4 Å². The molecule has 2 saturated heterocycles. The van der Waals surface area contributed by atoms with Crippen LogP contribution in [-0.4, -0.2) is 71.4 Å². The predicted octanol–water partition coefficient (Wildman–Crippen LogP) is 6.32. The maximum Gasteiger partial charge on any atom is 0.274 e. The summed E-state index contributed by atoms with van der Waals surface area (Å²) in [5, 5.41) is 25.2. The number of pyridine rings is 1. The number of carbonyl (C=O) groups is 2. The van der Waals surface area contributed by atoms with E-state index in [0.29, 0.717) is 70.6 Å². The first-order chi connectivity index (χ1) is 25.6. The second-order valence-electron chi connectivity index (χ2n) is 13.7. The van der Waals surface area contributed by atoms with Crippen molar-refractivity contribution in [3.05, 3.63) is 93.8 Å². The standard InChI is InChI=1S/C40H37ClN8O4/c1-24-29(31-9-5-10-32(36(31)41)46-38(51)34-15-35(52-3)28(18-45-34)17-44-12-6-11-42)7-4-8-30(24)39-47-33-14-26(13-27(16-43)37(33)53-39)19-48-20-40(21-48)22-49(23-40)25(2)50/h4-5,7-10,13-15,18,44H,6,12,17,19-23H2,1-3H3,(H,46,51). The van der Waals surface area contributed by atoms with Crippen molar-refractivity contribution in [1.82, 2.24) is 25.1 Å². The third-order valence-corrected chi connectivity index (χ3v) is 10.3. The molecule has 2 aliphatic heterocycles. The number of hydrogen-bond donors (Lipinski definition) is 2. The molecule has 0 radical (unpaired) electrons. The van der Waals surface area contributed by atoms with Gasteiger partial charge in [0.15, 0.2) is 5.58 Å². The summed E-state index contributed by atoms with van der Waals surface area (Å²) in [6, 6.07) is 21.0. The van der Waals surface area contributed by atoms with Gasteiger partial charge in [-0.3, -0.25) is 19.5 Å². The van der Waals surface area contributed by atoms with E-state index in [1.54, 1.807) is 25.3 Å². The molecule has 12 nitrogen and oxygen atoms in total. The molecule has 53 heavy (non-hydrogen) atoms. The number of nitriles is 2. The van der Waals surface area contributed by atoms with Crippen molar-refractivity contribution in [2.24, 2.45) is 5.41 Å². The number of hydrogen-bond acceptors (Lipinski definition) is 10. The highest BCUT2D eigenvalue weighted by Gasteiger charge is 2.52. The summed E-state index contributed by atoms with van der Waals surface area (Å²) >= 11 is 6.96. The number of oxazole rings is 1. The summed E-state index contributed by atoms with van der Waals surface area (Å²) in [6.07, 6.45) is 1.96. The molecule has 268 valence electrons. The Morgan fingerprint density at radius 1 is 1.06 bits per heavy atom. The molecule has 2 aromatic heterocycles. The first-order valence-electron chi connectivity index (χ1n) is 17.2. The predicted molar refractivity (Wildman–Crippen MR) is 200 cm³/mol. The van der Waals surface area contributed by atoms with Crippen LogP contribution < -0.4 is 15.4 Å². The lowest BCUT2D eigenvalue weighted by Crippen LogP contribution is -2.72. The molecule has 0 atom stereocenters. The minimum atomic E-state index is -0.452. The van der Waals surface area contributed by atoms with Crippen molar-refractivity contribution < 1.29 is 18.7 Å². The fourth-order valence-electron chi connectivity index (χ4n) is 7.30. The van der Waals surface area contributed by atoms with Gasteiger partial charge >= 0.3 is 0 Å². The third kappa shape index (κ3) is 7.05. The van der Waals surface area contributed by atoms with Crippen LogP contribution in [0.15, 0.2) is 65.2 Å². The average Bonchev–Trinajstić information content (AvgIpc) is 3.55. The van der Waals surface area contributed by atoms with Gasteiger partial charge < -0.3 is 24.7 Å². The first-order valence-corrected chi connectivity index (χ1v) is 17.6. The molecule has 13 heteroatoms. The van der Waals surface area contributed by atoms with Gasteiger partial charge in [-0.05, 0) is 47.9 Å². The van der Waals surface area contributed by atoms with E-state index < -0.39 is 5.91 Å². The molecule has 7 rings (SSSR count). The normalized spacial score (nSPS) is 14.6. The highest BCUT2D eigenvalue weighted by atomic mass is 35.5. The molecule has 0 saturated carbocycles. The number of likely N-dealkylation sites (tertiary alicyclic amines) is 2. The Balaban J connectivity index is 1.09. The van der Waals surface area contributed by atoms with Gasteiger partial charge in [0.2, 0.25) is 11.8 Å². The molecule has 4 heterocycles. The zero-order valence-corrected chi connectivity index (χ0v) is 30.4. The van der Waals surface area contributed by atoms with E-state index in [1.165, 1.54) is 7.11 Å². The number of methoxy groups -OCH3 is 1. The Bertz CT molecular complexity index is 2330. The van der Waals surface area contributed by atoms with Gasteiger partial charge in [-0.2, -0.15) is 10.5 Å². The summed E-state index contributed by atoms with van der Waals surface area (Å²) in [5.41, 5.74) is 7.11. The molecule has 5 aromatic rings. The third-order valence-electron chi connectivity index (χ3n) is 9.92. The SMILES string of the molecule is COc1cc(C(=O)Nc2cccc(-c3cccc(-c4nc5cc(CN6CC7(C6)CN(C(C)=O)C7)cc(C#N)c5o4)c3C)c2Cl)ncc1CNCCC#N. The first kappa shape index (κ1) is 35.6. The summed E-state index contributed by atoms with van der Waals surface area (Å²) in [5.74, 6) is 0.560. The molecule has 1 spiro atoms. The molecule has 2 N–H and O–H groups in total. The van der Waals surface area contributed by atoms with E-state index in [9.17, 15) is 14.9 Å². The number of aromatic nitrogens is 2. The maximum atomic E-state index is 13.3. The van der Waals surface area contributed by atoms with Gasteiger partial charge in [-0.1, -0.05) is 35.9 Å². The van der Waals surface area contributed by atoms with Crippen LogP contribution in [0, 0.1) is 35.0 Å². The zero-order valence-electron chi connectivity index (χ0n) is 29.6. The number of ether oxygens (including phenoxy) is 1. The summed E-state index contributed by atoms with van der Waals surface area (Å²) in [7, 11) is 1.52. The van der Waals surface area contributed by atoms with E-state index in [0.717, 1.165) is 54.0 Å². The van der Waals surface area contributed by atoms with Crippen LogP contribution >= 0.6 is 11.6 Å². The van der Waals surface area contributed by atoms with Gasteiger partial charge in [0, 0.05) is 93.5 Å². The topological polar surface area (TPSA) is 160 Å². The van der Waals surface area contributed by atoms with Gasteiger partial charge in [-0.15, -0.1) is 0 Å². The molecule has 0 aliphatic carbocycles. The summed E-state index contributed by atoms with van der Waals surface area (Å²) < 4.78 is 11.7. The quantitative estimate of drug-likeness (QED) is 0.147. The van der Waals surface area contributed by atoms with Crippen molar-refractivity contribution in [1.29, 1.82) is 10.5 Å². The van der Waals surface area contributed by atoms with Crippen LogP contribution in [0.4, 0.5) is 5.69 Å². The Hall–Kier alpha value is -5.79. The Morgan fingerprint density at radius 3 is 2.55 bits per heavy atom. The fraction of sp³-hybridized carbons (Fsp3) is 0.300. The number of nitrogens with one attached hydrogen (secondary N) is 2. The Labute approximate surface area is 311 Å². The van der Waals surface area contributed by atoms with E-state index >= 15 is 0 Å². The van der Waals surface area contributed by atoms with E-state index in [2.05, 4.69) is 32.7 Å². The maximum absolute atomic E-state index is 13.3. The zero-order chi connectivity index (χ0) is 37.3. The van der Waals surface area contributed by atoms with Crippen LogP contribution in [0.1, 0.15) is 46.1 Å². The number of amides is 2. The lowest BCUT2D eigenvalue weighted by atomic mass is 9.72. The number of fused-ring (bicyclic) bond motifs is 1. The second kappa shape index (κ2) is 14.7.